The Morgan fingerprint density at radius 1 is 1.59 bits per heavy atom. The number of carboxylic acids is 1. The van der Waals surface area contributed by atoms with Crippen molar-refractivity contribution in [2.24, 2.45) is 0 Å². The van der Waals surface area contributed by atoms with Gasteiger partial charge in [0.15, 0.2) is 0 Å². The van der Waals surface area contributed by atoms with Gasteiger partial charge in [-0.2, -0.15) is 0 Å². The van der Waals surface area contributed by atoms with Gasteiger partial charge in [-0.15, -0.1) is 0 Å². The van der Waals surface area contributed by atoms with Crippen molar-refractivity contribution < 1.29 is 19.0 Å². The summed E-state index contributed by atoms with van der Waals surface area (Å²) >= 11 is 3.13. The molecule has 0 aliphatic rings. The van der Waals surface area contributed by atoms with Gasteiger partial charge < -0.3 is 9.84 Å². The normalized spacial score (nSPS) is 10.5. The molecule has 0 radical (unpaired) electrons. The van der Waals surface area contributed by atoms with Crippen LogP contribution in [-0.2, 0) is 4.79 Å². The molecule has 0 saturated heterocycles. The van der Waals surface area contributed by atoms with Crippen LogP contribution in [0.25, 0.3) is 6.08 Å². The first kappa shape index (κ1) is 13.4. The maximum atomic E-state index is 13.0. The van der Waals surface area contributed by atoms with Crippen LogP contribution < -0.4 is 4.74 Å². The second-order valence-corrected chi connectivity index (χ2v) is 4.28. The number of aliphatic carboxylic acids is 1. The predicted molar refractivity (Wildman–Crippen MR) is 66.6 cm³/mol. The Labute approximate surface area is 106 Å². The third kappa shape index (κ3) is 4.82. The van der Waals surface area contributed by atoms with Crippen LogP contribution in [0.3, 0.4) is 0 Å². The molecule has 1 aromatic carbocycles. The van der Waals surface area contributed by atoms with Gasteiger partial charge in [-0.3, -0.25) is 0 Å². The number of carboxylic acid groups (broad SMARTS) is 1. The van der Waals surface area contributed by atoms with Crippen molar-refractivity contribution in [1.82, 2.24) is 0 Å². The Morgan fingerprint density at radius 3 is 2.88 bits per heavy atom. The van der Waals surface area contributed by atoms with E-state index >= 15 is 0 Å². The SMILES string of the molecule is C=C(Br)COc1ccc(F)cc1/C=C/C(=O)O. The number of carbonyl (C=O) groups is 1. The lowest BCUT2D eigenvalue weighted by atomic mass is 10.2. The molecule has 0 fully saturated rings. The maximum Gasteiger partial charge on any atom is 0.328 e. The quantitative estimate of drug-likeness (QED) is 0.849. The summed E-state index contributed by atoms with van der Waals surface area (Å²) in [5.41, 5.74) is 0.362. The Hall–Kier alpha value is -1.62. The molecule has 3 nitrogen and oxygen atoms in total. The molecule has 0 atom stereocenters. The molecule has 1 rings (SSSR count). The van der Waals surface area contributed by atoms with Crippen LogP contribution in [0.1, 0.15) is 5.56 Å². The molecule has 0 aromatic heterocycles. The van der Waals surface area contributed by atoms with Crippen LogP contribution in [-0.4, -0.2) is 17.7 Å². The van der Waals surface area contributed by atoms with Gasteiger partial charge in [0.25, 0.3) is 0 Å². The predicted octanol–water partition coefficient (Wildman–Crippen LogP) is 3.21. The lowest BCUT2D eigenvalue weighted by molar-refractivity contribution is -0.131. The van der Waals surface area contributed by atoms with Gasteiger partial charge in [0.2, 0.25) is 0 Å². The van der Waals surface area contributed by atoms with E-state index < -0.39 is 11.8 Å². The fraction of sp³-hybridized carbons (Fsp3) is 0.0833. The van der Waals surface area contributed by atoms with Crippen molar-refractivity contribution >= 4 is 28.0 Å². The molecule has 17 heavy (non-hydrogen) atoms. The van der Waals surface area contributed by atoms with Gasteiger partial charge in [-0.1, -0.05) is 22.5 Å². The smallest absolute Gasteiger partial charge is 0.328 e. The zero-order valence-electron chi connectivity index (χ0n) is 8.82. The number of rotatable bonds is 5. The van der Waals surface area contributed by atoms with Crippen LogP contribution in [0.2, 0.25) is 0 Å². The highest BCUT2D eigenvalue weighted by atomic mass is 79.9. The first-order valence-electron chi connectivity index (χ1n) is 4.65. The highest BCUT2D eigenvalue weighted by Gasteiger charge is 2.03. The van der Waals surface area contributed by atoms with E-state index in [0.717, 1.165) is 6.08 Å². The lowest BCUT2D eigenvalue weighted by Gasteiger charge is -2.08. The molecule has 0 spiro atoms. The molecule has 5 heteroatoms. The number of benzene rings is 1. The molecule has 0 bridgehead atoms. The van der Waals surface area contributed by atoms with Crippen molar-refractivity contribution in [3.05, 3.63) is 46.7 Å². The monoisotopic (exact) mass is 300 g/mol. The standard InChI is InChI=1S/C12H10BrFO3/c1-8(13)7-17-11-4-3-10(14)6-9(11)2-5-12(15)16/h2-6H,1,7H2,(H,15,16)/b5-2+. The summed E-state index contributed by atoms with van der Waals surface area (Å²) in [7, 11) is 0. The number of hydrogen-bond donors (Lipinski definition) is 1. The van der Waals surface area contributed by atoms with Crippen LogP contribution in [0.5, 0.6) is 5.75 Å². The number of halogens is 2. The molecule has 1 aromatic rings. The highest BCUT2D eigenvalue weighted by Crippen LogP contribution is 2.22. The van der Waals surface area contributed by atoms with Crippen molar-refractivity contribution in [1.29, 1.82) is 0 Å². The fourth-order valence-electron chi connectivity index (χ4n) is 1.10. The largest absolute Gasteiger partial charge is 0.488 e. The van der Waals surface area contributed by atoms with Gasteiger partial charge in [0.1, 0.15) is 18.2 Å². The molecule has 0 aliphatic heterocycles. The van der Waals surface area contributed by atoms with Crippen molar-refractivity contribution in [3.63, 3.8) is 0 Å². The van der Waals surface area contributed by atoms with E-state index in [1.54, 1.807) is 0 Å². The summed E-state index contributed by atoms with van der Waals surface area (Å²) in [6.45, 7) is 3.82. The summed E-state index contributed by atoms with van der Waals surface area (Å²) in [4.78, 5) is 10.4. The number of ether oxygens (including phenoxy) is 1. The summed E-state index contributed by atoms with van der Waals surface area (Å²) in [5.74, 6) is -1.17. The third-order valence-electron chi connectivity index (χ3n) is 1.76. The zero-order chi connectivity index (χ0) is 12.8. The van der Waals surface area contributed by atoms with Crippen molar-refractivity contribution in [2.45, 2.75) is 0 Å². The third-order valence-corrected chi connectivity index (χ3v) is 1.99. The van der Waals surface area contributed by atoms with Crippen LogP contribution in [0, 0.1) is 5.82 Å². The molecule has 0 aliphatic carbocycles. The van der Waals surface area contributed by atoms with Crippen molar-refractivity contribution in [2.75, 3.05) is 6.61 Å². The Morgan fingerprint density at radius 2 is 2.29 bits per heavy atom. The van der Waals surface area contributed by atoms with Gasteiger partial charge in [0, 0.05) is 16.1 Å². The molecular weight excluding hydrogens is 291 g/mol. The zero-order valence-corrected chi connectivity index (χ0v) is 10.4. The Bertz CT molecular complexity index is 469. The Kier molecular flexibility index (Phi) is 4.90. The van der Waals surface area contributed by atoms with E-state index in [0.29, 0.717) is 15.8 Å². The molecular formula is C12H10BrFO3. The molecule has 0 saturated carbocycles. The van der Waals surface area contributed by atoms with E-state index in [9.17, 15) is 9.18 Å². The minimum atomic E-state index is -1.11. The first-order valence-corrected chi connectivity index (χ1v) is 5.45. The average molecular weight is 301 g/mol. The Balaban J connectivity index is 2.95. The first-order chi connectivity index (χ1) is 7.99. The van der Waals surface area contributed by atoms with Crippen LogP contribution in [0.4, 0.5) is 4.39 Å². The lowest BCUT2D eigenvalue weighted by Crippen LogP contribution is -1.98. The van der Waals surface area contributed by atoms with E-state index in [2.05, 4.69) is 22.5 Å². The second-order valence-electron chi connectivity index (χ2n) is 3.16. The molecule has 90 valence electrons. The van der Waals surface area contributed by atoms with Gasteiger partial charge in [-0.05, 0) is 24.3 Å². The summed E-state index contributed by atoms with van der Waals surface area (Å²) in [6, 6.07) is 3.88. The maximum absolute atomic E-state index is 13.0. The van der Waals surface area contributed by atoms with E-state index in [1.165, 1.54) is 24.3 Å². The van der Waals surface area contributed by atoms with Gasteiger partial charge in [-0.25, -0.2) is 9.18 Å². The minimum absolute atomic E-state index is 0.222. The molecule has 0 amide bonds. The summed E-state index contributed by atoms with van der Waals surface area (Å²) < 4.78 is 19.0. The second kappa shape index (κ2) is 6.20. The number of hydrogen-bond acceptors (Lipinski definition) is 2. The van der Waals surface area contributed by atoms with E-state index in [-0.39, 0.29) is 6.61 Å². The van der Waals surface area contributed by atoms with E-state index in [1.807, 2.05) is 0 Å². The topological polar surface area (TPSA) is 46.5 Å². The van der Waals surface area contributed by atoms with Crippen LogP contribution >= 0.6 is 15.9 Å². The molecule has 1 N–H and O–H groups in total. The highest BCUT2D eigenvalue weighted by molar-refractivity contribution is 9.11. The molecule has 0 unspecified atom stereocenters. The summed E-state index contributed by atoms with van der Waals surface area (Å²) in [5, 5.41) is 8.51. The van der Waals surface area contributed by atoms with Crippen LogP contribution in [0.15, 0.2) is 35.3 Å². The minimum Gasteiger partial charge on any atom is -0.488 e. The molecule has 0 heterocycles. The van der Waals surface area contributed by atoms with Gasteiger partial charge in [0.05, 0.1) is 0 Å². The summed E-state index contributed by atoms with van der Waals surface area (Å²) in [6.07, 6.45) is 2.20. The van der Waals surface area contributed by atoms with Gasteiger partial charge >= 0.3 is 5.97 Å². The van der Waals surface area contributed by atoms with E-state index in [4.69, 9.17) is 9.84 Å². The van der Waals surface area contributed by atoms with Crippen molar-refractivity contribution in [3.8, 4) is 5.75 Å². The average Bonchev–Trinajstić information content (AvgIpc) is 2.24. The fourth-order valence-corrected chi connectivity index (χ4v) is 1.21.